The van der Waals surface area contributed by atoms with E-state index in [0.717, 1.165) is 30.1 Å². The van der Waals surface area contributed by atoms with Gasteiger partial charge >= 0.3 is 0 Å². The Morgan fingerprint density at radius 2 is 2.03 bits per heavy atom. The fourth-order valence-electron chi connectivity index (χ4n) is 4.07. The summed E-state index contributed by atoms with van der Waals surface area (Å²) in [5.41, 5.74) is 1.98. The lowest BCUT2D eigenvalue weighted by Gasteiger charge is -2.30. The third-order valence-corrected chi connectivity index (χ3v) is 6.77. The van der Waals surface area contributed by atoms with Crippen LogP contribution in [0.4, 0.5) is 10.7 Å². The first-order valence-corrected chi connectivity index (χ1v) is 10.3. The van der Waals surface area contributed by atoms with Crippen molar-refractivity contribution in [1.29, 1.82) is 0 Å². The molecule has 0 fully saturated rings. The number of amides is 1. The van der Waals surface area contributed by atoms with Gasteiger partial charge in [0.1, 0.15) is 11.2 Å². The highest BCUT2D eigenvalue weighted by Crippen LogP contribution is 2.44. The number of hydrogen-bond donors (Lipinski definition) is 2. The van der Waals surface area contributed by atoms with E-state index in [9.17, 15) is 14.9 Å². The van der Waals surface area contributed by atoms with Crippen molar-refractivity contribution in [2.45, 2.75) is 39.0 Å². The molecule has 4 heterocycles. The predicted octanol–water partition coefficient (Wildman–Crippen LogP) is 3.01. The van der Waals surface area contributed by atoms with Crippen LogP contribution in [0.1, 0.15) is 46.4 Å². The molecule has 1 aromatic carbocycles. The van der Waals surface area contributed by atoms with Crippen LogP contribution in [-0.4, -0.2) is 35.1 Å². The number of thiophene rings is 1. The molecule has 0 unspecified atom stereocenters. The van der Waals surface area contributed by atoms with Crippen LogP contribution >= 0.6 is 11.3 Å². The van der Waals surface area contributed by atoms with Crippen LogP contribution in [0.3, 0.4) is 0 Å². The van der Waals surface area contributed by atoms with Gasteiger partial charge in [0, 0.05) is 24.0 Å². The Hall–Kier alpha value is -2.85. The summed E-state index contributed by atoms with van der Waals surface area (Å²) < 4.78 is 10.6. The summed E-state index contributed by atoms with van der Waals surface area (Å²) in [5.74, 6) is 0.570. The fraction of sp³-hybridized carbons (Fsp3) is 0.421. The van der Waals surface area contributed by atoms with Gasteiger partial charge in [-0.05, 0) is 31.9 Å². The van der Waals surface area contributed by atoms with Crippen molar-refractivity contribution >= 4 is 27.9 Å². The van der Waals surface area contributed by atoms with Crippen LogP contribution in [0.15, 0.2) is 12.1 Å². The Morgan fingerprint density at radius 1 is 1.28 bits per heavy atom. The first kappa shape index (κ1) is 18.2. The van der Waals surface area contributed by atoms with Gasteiger partial charge in [0.2, 0.25) is 6.79 Å². The molecule has 3 aliphatic heterocycles. The smallest absolute Gasteiger partial charge is 0.280 e. The molecule has 0 radical (unpaired) electrons. The van der Waals surface area contributed by atoms with Crippen LogP contribution in [0, 0.1) is 10.1 Å². The lowest BCUT2D eigenvalue weighted by molar-refractivity contribution is -0.385. The quantitative estimate of drug-likeness (QED) is 0.585. The summed E-state index contributed by atoms with van der Waals surface area (Å²) >= 11 is 1.56. The van der Waals surface area contributed by atoms with Gasteiger partial charge in [0.05, 0.1) is 22.1 Å². The Labute approximate surface area is 170 Å². The van der Waals surface area contributed by atoms with Crippen LogP contribution in [0.2, 0.25) is 0 Å². The minimum Gasteiger partial charge on any atom is -0.454 e. The molecule has 0 saturated heterocycles. The number of carbonyl (C=O) groups excluding carboxylic acids is 1. The molecule has 0 spiro atoms. The molecule has 152 valence electrons. The SMILES string of the molecule is CC(C)N1CCc2c(sc3c2C(=O)N[C@@H](c2cc4c(cc2[N+](=O)[O-])OCO4)N3)C1. The van der Waals surface area contributed by atoms with Crippen LogP contribution in [-0.2, 0) is 13.0 Å². The molecule has 29 heavy (non-hydrogen) atoms. The van der Waals surface area contributed by atoms with E-state index < -0.39 is 11.1 Å². The Balaban J connectivity index is 1.52. The summed E-state index contributed by atoms with van der Waals surface area (Å²) in [7, 11) is 0. The lowest BCUT2D eigenvalue weighted by Crippen LogP contribution is -2.39. The van der Waals surface area contributed by atoms with Crippen molar-refractivity contribution in [1.82, 2.24) is 10.2 Å². The normalized spacial score (nSPS) is 20.1. The fourth-order valence-corrected chi connectivity index (χ4v) is 5.37. The van der Waals surface area contributed by atoms with Gasteiger partial charge in [-0.1, -0.05) is 0 Å². The molecule has 0 bridgehead atoms. The maximum atomic E-state index is 12.9. The molecule has 2 N–H and O–H groups in total. The molecular formula is C19H20N4O5S. The van der Waals surface area contributed by atoms with Gasteiger partial charge in [-0.15, -0.1) is 11.3 Å². The van der Waals surface area contributed by atoms with Crippen LogP contribution < -0.4 is 20.1 Å². The third-order valence-electron chi connectivity index (χ3n) is 5.62. The second-order valence-electron chi connectivity index (χ2n) is 7.59. The van der Waals surface area contributed by atoms with Crippen molar-refractivity contribution in [3.63, 3.8) is 0 Å². The number of benzene rings is 1. The van der Waals surface area contributed by atoms with E-state index >= 15 is 0 Å². The van der Waals surface area contributed by atoms with Crippen LogP contribution in [0.5, 0.6) is 11.5 Å². The molecule has 10 heteroatoms. The largest absolute Gasteiger partial charge is 0.454 e. The molecule has 0 aliphatic carbocycles. The molecule has 1 amide bonds. The van der Waals surface area contributed by atoms with Gasteiger partial charge in [-0.25, -0.2) is 0 Å². The maximum absolute atomic E-state index is 12.9. The minimum atomic E-state index is -0.716. The van der Waals surface area contributed by atoms with E-state index in [0.29, 0.717) is 28.7 Å². The number of carbonyl (C=O) groups is 1. The molecule has 1 aromatic heterocycles. The molecule has 0 saturated carbocycles. The third kappa shape index (κ3) is 2.90. The summed E-state index contributed by atoms with van der Waals surface area (Å²) in [4.78, 5) is 27.6. The number of hydrogen-bond acceptors (Lipinski definition) is 8. The number of ether oxygens (including phenoxy) is 2. The zero-order valence-corrected chi connectivity index (χ0v) is 16.8. The summed E-state index contributed by atoms with van der Waals surface area (Å²) in [6.45, 7) is 6.08. The molecular weight excluding hydrogens is 396 g/mol. The zero-order valence-electron chi connectivity index (χ0n) is 16.0. The van der Waals surface area contributed by atoms with Gasteiger partial charge in [-0.2, -0.15) is 0 Å². The van der Waals surface area contributed by atoms with E-state index in [1.165, 1.54) is 10.9 Å². The van der Waals surface area contributed by atoms with E-state index in [-0.39, 0.29) is 18.4 Å². The zero-order chi connectivity index (χ0) is 20.3. The topological polar surface area (TPSA) is 106 Å². The van der Waals surface area contributed by atoms with E-state index in [4.69, 9.17) is 9.47 Å². The van der Waals surface area contributed by atoms with E-state index in [1.807, 2.05) is 0 Å². The molecule has 1 atom stereocenters. The standard InChI is InChI=1S/C19H20N4O5S/c1-9(2)22-4-3-10-15(7-22)29-19-16(10)18(24)20-17(21-19)11-5-13-14(28-8-27-13)6-12(11)23(25)26/h5-6,9,17,21H,3-4,7-8H2,1-2H3,(H,20,24)/t17-/m1/s1. The van der Waals surface area contributed by atoms with Crippen molar-refractivity contribution in [2.24, 2.45) is 0 Å². The Morgan fingerprint density at radius 3 is 2.76 bits per heavy atom. The van der Waals surface area contributed by atoms with Crippen molar-refractivity contribution in [2.75, 3.05) is 18.7 Å². The number of nitro groups is 1. The van der Waals surface area contributed by atoms with Crippen molar-refractivity contribution in [3.8, 4) is 11.5 Å². The highest BCUT2D eigenvalue weighted by atomic mass is 32.1. The first-order valence-electron chi connectivity index (χ1n) is 9.46. The summed E-state index contributed by atoms with van der Waals surface area (Å²) in [6.07, 6.45) is 0.106. The number of anilines is 1. The Bertz CT molecular complexity index is 1030. The average molecular weight is 416 g/mol. The number of nitrogens with zero attached hydrogens (tertiary/aromatic N) is 2. The van der Waals surface area contributed by atoms with Crippen molar-refractivity contribution < 1.29 is 19.2 Å². The van der Waals surface area contributed by atoms with Crippen molar-refractivity contribution in [3.05, 3.63) is 43.8 Å². The molecule has 5 rings (SSSR count). The molecule has 2 aromatic rings. The monoisotopic (exact) mass is 416 g/mol. The maximum Gasteiger partial charge on any atom is 0.280 e. The first-order chi connectivity index (χ1) is 13.9. The average Bonchev–Trinajstić information content (AvgIpc) is 3.29. The number of rotatable bonds is 3. The summed E-state index contributed by atoms with van der Waals surface area (Å²) in [6, 6.07) is 3.35. The second-order valence-corrected chi connectivity index (χ2v) is 8.70. The number of fused-ring (bicyclic) bond motifs is 4. The van der Waals surface area contributed by atoms with Gasteiger partial charge < -0.3 is 20.1 Å². The summed E-state index contributed by atoms with van der Waals surface area (Å²) in [5, 5.41) is 18.6. The van der Waals surface area contributed by atoms with E-state index in [1.54, 1.807) is 17.4 Å². The highest BCUT2D eigenvalue weighted by Gasteiger charge is 2.37. The van der Waals surface area contributed by atoms with Crippen LogP contribution in [0.25, 0.3) is 0 Å². The Kier molecular flexibility index (Phi) is 4.14. The second kappa shape index (κ2) is 6.60. The number of nitrogens with one attached hydrogen (secondary N) is 2. The highest BCUT2D eigenvalue weighted by molar-refractivity contribution is 7.16. The lowest BCUT2D eigenvalue weighted by atomic mass is 9.99. The van der Waals surface area contributed by atoms with Gasteiger partial charge in [-0.3, -0.25) is 19.8 Å². The predicted molar refractivity (Wildman–Crippen MR) is 107 cm³/mol. The van der Waals surface area contributed by atoms with Gasteiger partial charge in [0.25, 0.3) is 11.6 Å². The molecule has 9 nitrogen and oxygen atoms in total. The van der Waals surface area contributed by atoms with E-state index in [2.05, 4.69) is 29.4 Å². The number of nitro benzene ring substituents is 1. The van der Waals surface area contributed by atoms with Gasteiger partial charge in [0.15, 0.2) is 11.5 Å². The molecule has 3 aliphatic rings. The minimum absolute atomic E-state index is 0.0224.